The van der Waals surface area contributed by atoms with Crippen LogP contribution in [0.25, 0.3) is 0 Å². The molecule has 3 rings (SSSR count). The number of nitrogens with two attached hydrogens (primary N) is 1. The molecular formula is C17H25FN2. The van der Waals surface area contributed by atoms with Gasteiger partial charge >= 0.3 is 0 Å². The highest BCUT2D eigenvalue weighted by atomic mass is 19.1. The lowest BCUT2D eigenvalue weighted by Crippen LogP contribution is -2.29. The zero-order valence-corrected chi connectivity index (χ0v) is 12.3. The summed E-state index contributed by atoms with van der Waals surface area (Å²) in [5.41, 5.74) is 7.85. The van der Waals surface area contributed by atoms with Crippen molar-refractivity contribution in [1.82, 2.24) is 4.90 Å². The summed E-state index contributed by atoms with van der Waals surface area (Å²) in [4.78, 5) is 2.35. The van der Waals surface area contributed by atoms with Crippen molar-refractivity contribution in [3.63, 3.8) is 0 Å². The predicted molar refractivity (Wildman–Crippen MR) is 79.6 cm³/mol. The highest BCUT2D eigenvalue weighted by Gasteiger charge is 2.39. The minimum atomic E-state index is -0.162. The second kappa shape index (κ2) is 5.82. The standard InChI is InChI=1S/C17H25FN2/c1-20(10-15-7-12-2-3-13(15)6-12)11-16-8-17(18)5-4-14(16)9-19/h4-5,8,12-13,15H,2-3,6-7,9-11,19H2,1H3. The van der Waals surface area contributed by atoms with Crippen molar-refractivity contribution in [2.75, 3.05) is 13.6 Å². The second-order valence-electron chi connectivity index (χ2n) is 6.75. The summed E-state index contributed by atoms with van der Waals surface area (Å²) >= 11 is 0. The van der Waals surface area contributed by atoms with Gasteiger partial charge in [-0.25, -0.2) is 4.39 Å². The summed E-state index contributed by atoms with van der Waals surface area (Å²) in [7, 11) is 2.15. The number of hydrogen-bond donors (Lipinski definition) is 1. The Labute approximate surface area is 121 Å². The Balaban J connectivity index is 1.61. The van der Waals surface area contributed by atoms with Crippen LogP contribution in [0.1, 0.15) is 36.8 Å². The first-order valence-corrected chi connectivity index (χ1v) is 7.81. The van der Waals surface area contributed by atoms with Gasteiger partial charge in [0.2, 0.25) is 0 Å². The van der Waals surface area contributed by atoms with E-state index in [0.29, 0.717) is 6.54 Å². The molecule has 1 aromatic carbocycles. The fourth-order valence-electron chi connectivity index (χ4n) is 4.30. The second-order valence-corrected chi connectivity index (χ2v) is 6.75. The molecule has 2 N–H and O–H groups in total. The van der Waals surface area contributed by atoms with Crippen LogP contribution in [0.2, 0.25) is 0 Å². The number of halogens is 1. The summed E-state index contributed by atoms with van der Waals surface area (Å²) in [5.74, 6) is 2.63. The van der Waals surface area contributed by atoms with E-state index in [-0.39, 0.29) is 5.82 Å². The minimum Gasteiger partial charge on any atom is -0.326 e. The van der Waals surface area contributed by atoms with E-state index >= 15 is 0 Å². The number of benzene rings is 1. The number of rotatable bonds is 5. The van der Waals surface area contributed by atoms with E-state index < -0.39 is 0 Å². The molecule has 3 heteroatoms. The van der Waals surface area contributed by atoms with Gasteiger partial charge in [-0.05, 0) is 67.3 Å². The van der Waals surface area contributed by atoms with Crippen LogP contribution >= 0.6 is 0 Å². The van der Waals surface area contributed by atoms with Gasteiger partial charge in [-0.1, -0.05) is 12.5 Å². The van der Waals surface area contributed by atoms with Crippen molar-refractivity contribution in [3.05, 3.63) is 35.1 Å². The van der Waals surface area contributed by atoms with Crippen molar-refractivity contribution in [2.24, 2.45) is 23.5 Å². The molecule has 2 nitrogen and oxygen atoms in total. The Morgan fingerprint density at radius 2 is 2.10 bits per heavy atom. The number of hydrogen-bond acceptors (Lipinski definition) is 2. The molecule has 0 aromatic heterocycles. The topological polar surface area (TPSA) is 29.3 Å². The van der Waals surface area contributed by atoms with Gasteiger partial charge in [0.25, 0.3) is 0 Å². The first kappa shape index (κ1) is 14.0. The average molecular weight is 276 g/mol. The van der Waals surface area contributed by atoms with Gasteiger partial charge < -0.3 is 10.6 Å². The van der Waals surface area contributed by atoms with Crippen LogP contribution in [0.3, 0.4) is 0 Å². The molecule has 0 amide bonds. The van der Waals surface area contributed by atoms with Gasteiger partial charge in [0.1, 0.15) is 5.82 Å². The van der Waals surface area contributed by atoms with Crippen molar-refractivity contribution in [3.8, 4) is 0 Å². The van der Waals surface area contributed by atoms with Crippen molar-refractivity contribution in [1.29, 1.82) is 0 Å². The molecule has 2 bridgehead atoms. The fraction of sp³-hybridized carbons (Fsp3) is 0.647. The summed E-state index contributed by atoms with van der Waals surface area (Å²) < 4.78 is 13.4. The van der Waals surface area contributed by atoms with E-state index in [4.69, 9.17) is 5.73 Å². The summed E-state index contributed by atoms with van der Waals surface area (Å²) in [6, 6.07) is 4.96. The molecule has 2 aliphatic carbocycles. The molecule has 2 fully saturated rings. The zero-order chi connectivity index (χ0) is 14.1. The third-order valence-corrected chi connectivity index (χ3v) is 5.26. The van der Waals surface area contributed by atoms with E-state index in [2.05, 4.69) is 11.9 Å². The van der Waals surface area contributed by atoms with Crippen LogP contribution in [0.4, 0.5) is 4.39 Å². The molecule has 2 aliphatic rings. The van der Waals surface area contributed by atoms with Crippen molar-refractivity contribution >= 4 is 0 Å². The lowest BCUT2D eigenvalue weighted by atomic mass is 9.88. The Bertz CT molecular complexity index is 474. The molecule has 0 radical (unpaired) electrons. The van der Waals surface area contributed by atoms with E-state index in [9.17, 15) is 4.39 Å². The summed E-state index contributed by atoms with van der Waals surface area (Å²) in [6.07, 6.45) is 5.73. The number of fused-ring (bicyclic) bond motifs is 2. The summed E-state index contributed by atoms with van der Waals surface area (Å²) in [6.45, 7) is 2.43. The van der Waals surface area contributed by atoms with Crippen molar-refractivity contribution in [2.45, 2.75) is 38.8 Å². The molecular weight excluding hydrogens is 251 g/mol. The maximum absolute atomic E-state index is 13.4. The van der Waals surface area contributed by atoms with Crippen LogP contribution in [-0.4, -0.2) is 18.5 Å². The highest BCUT2D eigenvalue weighted by molar-refractivity contribution is 5.27. The van der Waals surface area contributed by atoms with Gasteiger partial charge in [-0.15, -0.1) is 0 Å². The Hall–Kier alpha value is -0.930. The van der Waals surface area contributed by atoms with Crippen LogP contribution < -0.4 is 5.73 Å². The molecule has 0 spiro atoms. The van der Waals surface area contributed by atoms with E-state index in [1.807, 2.05) is 6.07 Å². The van der Waals surface area contributed by atoms with Gasteiger partial charge in [0, 0.05) is 19.6 Å². The van der Waals surface area contributed by atoms with Crippen LogP contribution in [0.15, 0.2) is 18.2 Å². The molecule has 3 atom stereocenters. The Kier molecular flexibility index (Phi) is 4.08. The molecule has 20 heavy (non-hydrogen) atoms. The van der Waals surface area contributed by atoms with Gasteiger partial charge in [0.15, 0.2) is 0 Å². The van der Waals surface area contributed by atoms with E-state index in [1.54, 1.807) is 6.07 Å². The molecule has 2 saturated carbocycles. The zero-order valence-electron chi connectivity index (χ0n) is 12.3. The third kappa shape index (κ3) is 2.89. The Morgan fingerprint density at radius 1 is 1.25 bits per heavy atom. The molecule has 110 valence electrons. The normalized spacial score (nSPS) is 28.5. The first-order valence-electron chi connectivity index (χ1n) is 7.81. The van der Waals surface area contributed by atoms with Gasteiger partial charge in [-0.3, -0.25) is 0 Å². The van der Waals surface area contributed by atoms with Gasteiger partial charge in [0.05, 0.1) is 0 Å². The monoisotopic (exact) mass is 276 g/mol. The fourth-order valence-corrected chi connectivity index (χ4v) is 4.30. The number of nitrogens with zero attached hydrogens (tertiary/aromatic N) is 1. The average Bonchev–Trinajstić information content (AvgIpc) is 3.01. The third-order valence-electron chi connectivity index (χ3n) is 5.26. The molecule has 1 aromatic rings. The maximum atomic E-state index is 13.4. The van der Waals surface area contributed by atoms with Crippen molar-refractivity contribution < 1.29 is 4.39 Å². The van der Waals surface area contributed by atoms with E-state index in [1.165, 1.54) is 31.7 Å². The summed E-state index contributed by atoms with van der Waals surface area (Å²) in [5, 5.41) is 0. The molecule has 0 heterocycles. The predicted octanol–water partition coefficient (Wildman–Crippen LogP) is 3.15. The van der Waals surface area contributed by atoms with Crippen LogP contribution in [0.5, 0.6) is 0 Å². The first-order chi connectivity index (χ1) is 9.65. The molecule has 3 unspecified atom stereocenters. The minimum absolute atomic E-state index is 0.162. The van der Waals surface area contributed by atoms with E-state index in [0.717, 1.165) is 42.0 Å². The van der Waals surface area contributed by atoms with Gasteiger partial charge in [-0.2, -0.15) is 0 Å². The highest BCUT2D eigenvalue weighted by Crippen LogP contribution is 2.48. The smallest absolute Gasteiger partial charge is 0.123 e. The van der Waals surface area contributed by atoms with Crippen LogP contribution in [0, 0.1) is 23.6 Å². The quantitative estimate of drug-likeness (QED) is 0.895. The lowest BCUT2D eigenvalue weighted by molar-refractivity contribution is 0.214. The molecule has 0 aliphatic heterocycles. The largest absolute Gasteiger partial charge is 0.326 e. The van der Waals surface area contributed by atoms with Crippen LogP contribution in [-0.2, 0) is 13.1 Å². The lowest BCUT2D eigenvalue weighted by Gasteiger charge is -2.27. The maximum Gasteiger partial charge on any atom is 0.123 e. The molecule has 0 saturated heterocycles. The SMILES string of the molecule is CN(Cc1cc(F)ccc1CN)CC1CC2CCC1C2. The Morgan fingerprint density at radius 3 is 2.75 bits per heavy atom.